The summed E-state index contributed by atoms with van der Waals surface area (Å²) < 4.78 is 28.1. The van der Waals surface area contributed by atoms with Gasteiger partial charge in [-0.25, -0.2) is 13.8 Å². The van der Waals surface area contributed by atoms with Gasteiger partial charge in [0, 0.05) is 57.6 Å². The van der Waals surface area contributed by atoms with Gasteiger partial charge in [-0.15, -0.1) is 11.3 Å². The van der Waals surface area contributed by atoms with Crippen LogP contribution in [0, 0.1) is 11.6 Å². The Balaban J connectivity index is 1.24. The SMILES string of the molecule is CN=C(NCCc1csc(N2CCCC2)n1)NC1CCN(c2c(F)cccc2F)C1. The van der Waals surface area contributed by atoms with Crippen LogP contribution < -0.4 is 20.4 Å². The Morgan fingerprint density at radius 1 is 1.20 bits per heavy atom. The third-order valence-corrected chi connectivity index (χ3v) is 6.55. The molecule has 0 bridgehead atoms. The molecular weight excluding hydrogens is 406 g/mol. The van der Waals surface area contributed by atoms with E-state index in [1.54, 1.807) is 23.3 Å². The van der Waals surface area contributed by atoms with Gasteiger partial charge in [0.1, 0.15) is 17.3 Å². The lowest BCUT2D eigenvalue weighted by atomic mass is 10.2. The molecule has 0 spiro atoms. The number of hydrogen-bond acceptors (Lipinski definition) is 5. The predicted octanol–water partition coefficient (Wildman–Crippen LogP) is 3.01. The topological polar surface area (TPSA) is 55.8 Å². The number of nitrogens with zero attached hydrogens (tertiary/aromatic N) is 4. The standard InChI is InChI=1S/C21H28F2N6S/c1-24-20(25-9-7-16-14-30-21(27-16)28-10-2-3-11-28)26-15-8-12-29(13-15)19-17(22)5-4-6-18(19)23/h4-6,14-15H,2-3,7-13H2,1H3,(H2,24,25,26). The highest BCUT2D eigenvalue weighted by molar-refractivity contribution is 7.13. The highest BCUT2D eigenvalue weighted by Gasteiger charge is 2.27. The molecule has 0 radical (unpaired) electrons. The number of benzene rings is 1. The van der Waals surface area contributed by atoms with E-state index in [1.807, 2.05) is 0 Å². The van der Waals surface area contributed by atoms with Gasteiger partial charge >= 0.3 is 0 Å². The molecule has 4 rings (SSSR count). The van der Waals surface area contributed by atoms with Crippen molar-refractivity contribution >= 4 is 28.1 Å². The van der Waals surface area contributed by atoms with Crippen molar-refractivity contribution in [3.63, 3.8) is 0 Å². The Hall–Kier alpha value is -2.42. The number of thiazole rings is 1. The summed E-state index contributed by atoms with van der Waals surface area (Å²) in [6, 6.07) is 4.07. The zero-order valence-electron chi connectivity index (χ0n) is 17.2. The molecule has 0 amide bonds. The summed E-state index contributed by atoms with van der Waals surface area (Å²) >= 11 is 1.71. The van der Waals surface area contributed by atoms with Gasteiger partial charge in [-0.1, -0.05) is 6.07 Å². The first-order chi connectivity index (χ1) is 14.6. The quantitative estimate of drug-likeness (QED) is 0.541. The van der Waals surface area contributed by atoms with Gasteiger partial charge in [-0.05, 0) is 31.4 Å². The number of halogens is 2. The third kappa shape index (κ3) is 4.83. The molecule has 9 heteroatoms. The molecule has 2 aromatic rings. The second-order valence-corrected chi connectivity index (χ2v) is 8.55. The molecule has 2 N–H and O–H groups in total. The van der Waals surface area contributed by atoms with E-state index in [9.17, 15) is 8.78 Å². The van der Waals surface area contributed by atoms with E-state index < -0.39 is 11.6 Å². The molecule has 6 nitrogen and oxygen atoms in total. The summed E-state index contributed by atoms with van der Waals surface area (Å²) in [5, 5.41) is 9.94. The van der Waals surface area contributed by atoms with E-state index >= 15 is 0 Å². The third-order valence-electron chi connectivity index (χ3n) is 5.60. The second kappa shape index (κ2) is 9.59. The van der Waals surface area contributed by atoms with Crippen LogP contribution in [0.4, 0.5) is 19.6 Å². The maximum atomic E-state index is 14.0. The first-order valence-corrected chi connectivity index (χ1v) is 11.4. The molecule has 2 aliphatic heterocycles. The minimum atomic E-state index is -0.519. The van der Waals surface area contributed by atoms with E-state index in [2.05, 4.69) is 25.9 Å². The molecule has 1 unspecified atom stereocenters. The summed E-state index contributed by atoms with van der Waals surface area (Å²) in [5.74, 6) is -0.338. The Morgan fingerprint density at radius 2 is 1.97 bits per heavy atom. The molecule has 0 saturated carbocycles. The van der Waals surface area contributed by atoms with Crippen molar-refractivity contribution in [2.45, 2.75) is 31.7 Å². The molecule has 2 saturated heterocycles. The van der Waals surface area contributed by atoms with Crippen LogP contribution in [0.3, 0.4) is 0 Å². The fourth-order valence-corrected chi connectivity index (χ4v) is 4.95. The summed E-state index contributed by atoms with van der Waals surface area (Å²) in [6.45, 7) is 4.07. The molecule has 1 aromatic carbocycles. The van der Waals surface area contributed by atoms with Crippen molar-refractivity contribution in [2.24, 2.45) is 4.99 Å². The Morgan fingerprint density at radius 3 is 2.70 bits per heavy atom. The van der Waals surface area contributed by atoms with Gasteiger partial charge in [-0.2, -0.15) is 0 Å². The highest BCUT2D eigenvalue weighted by atomic mass is 32.1. The maximum absolute atomic E-state index is 14.0. The lowest BCUT2D eigenvalue weighted by Gasteiger charge is -2.21. The van der Waals surface area contributed by atoms with Crippen molar-refractivity contribution in [3.05, 3.63) is 40.9 Å². The molecule has 0 aliphatic carbocycles. The van der Waals surface area contributed by atoms with Crippen LogP contribution in [-0.4, -0.2) is 56.8 Å². The van der Waals surface area contributed by atoms with Crippen molar-refractivity contribution in [3.8, 4) is 0 Å². The molecule has 2 aliphatic rings. The number of nitrogens with one attached hydrogen (secondary N) is 2. The zero-order valence-corrected chi connectivity index (χ0v) is 18.0. The van der Waals surface area contributed by atoms with Crippen molar-refractivity contribution in [1.29, 1.82) is 0 Å². The Labute approximate surface area is 180 Å². The number of aromatic nitrogens is 1. The van der Waals surface area contributed by atoms with Crippen LogP contribution >= 0.6 is 11.3 Å². The molecular formula is C21H28F2N6S. The number of guanidine groups is 1. The van der Waals surface area contributed by atoms with E-state index in [0.29, 0.717) is 19.0 Å². The lowest BCUT2D eigenvalue weighted by molar-refractivity contribution is 0.576. The Kier molecular flexibility index (Phi) is 6.66. The average Bonchev–Trinajstić information content (AvgIpc) is 3.49. The van der Waals surface area contributed by atoms with Crippen LogP contribution in [0.25, 0.3) is 0 Å². The highest BCUT2D eigenvalue weighted by Crippen LogP contribution is 2.27. The van der Waals surface area contributed by atoms with Crippen LogP contribution in [0.1, 0.15) is 25.0 Å². The Bertz CT molecular complexity index is 860. The van der Waals surface area contributed by atoms with E-state index in [0.717, 1.165) is 43.3 Å². The number of aliphatic imine (C=N–C) groups is 1. The molecule has 2 fully saturated rings. The summed E-state index contributed by atoms with van der Waals surface area (Å²) in [6.07, 6.45) is 4.11. The average molecular weight is 435 g/mol. The second-order valence-electron chi connectivity index (χ2n) is 7.71. The fraction of sp³-hybridized carbons (Fsp3) is 0.524. The smallest absolute Gasteiger partial charge is 0.191 e. The number of rotatable bonds is 6. The predicted molar refractivity (Wildman–Crippen MR) is 119 cm³/mol. The minimum Gasteiger partial charge on any atom is -0.365 e. The van der Waals surface area contributed by atoms with Gasteiger partial charge in [0.25, 0.3) is 0 Å². The molecule has 1 atom stereocenters. The molecule has 162 valence electrons. The van der Waals surface area contributed by atoms with Gasteiger partial charge in [0.2, 0.25) is 0 Å². The van der Waals surface area contributed by atoms with Crippen molar-refractivity contribution in [1.82, 2.24) is 15.6 Å². The number of para-hydroxylation sites is 1. The largest absolute Gasteiger partial charge is 0.365 e. The van der Waals surface area contributed by atoms with Gasteiger partial charge in [0.05, 0.1) is 5.69 Å². The monoisotopic (exact) mass is 434 g/mol. The lowest BCUT2D eigenvalue weighted by Crippen LogP contribution is -2.45. The van der Waals surface area contributed by atoms with Gasteiger partial charge < -0.3 is 20.4 Å². The van der Waals surface area contributed by atoms with Crippen molar-refractivity contribution < 1.29 is 8.78 Å². The first-order valence-electron chi connectivity index (χ1n) is 10.5. The maximum Gasteiger partial charge on any atom is 0.191 e. The van der Waals surface area contributed by atoms with Crippen LogP contribution in [-0.2, 0) is 6.42 Å². The molecule has 1 aromatic heterocycles. The van der Waals surface area contributed by atoms with E-state index in [1.165, 1.54) is 31.0 Å². The summed E-state index contributed by atoms with van der Waals surface area (Å²) in [5.41, 5.74) is 1.15. The number of anilines is 2. The van der Waals surface area contributed by atoms with Crippen LogP contribution in [0.5, 0.6) is 0 Å². The number of hydrogen-bond donors (Lipinski definition) is 2. The zero-order chi connectivity index (χ0) is 20.9. The normalized spacial score (nSPS) is 19.6. The first kappa shape index (κ1) is 20.8. The van der Waals surface area contributed by atoms with Gasteiger partial charge in [-0.3, -0.25) is 4.99 Å². The van der Waals surface area contributed by atoms with Crippen molar-refractivity contribution in [2.75, 3.05) is 49.6 Å². The minimum absolute atomic E-state index is 0.0575. The fourth-order valence-electron chi connectivity index (χ4n) is 4.03. The van der Waals surface area contributed by atoms with Gasteiger partial charge in [0.15, 0.2) is 11.1 Å². The van der Waals surface area contributed by atoms with Crippen LogP contribution in [0.15, 0.2) is 28.6 Å². The summed E-state index contributed by atoms with van der Waals surface area (Å²) in [7, 11) is 1.73. The van der Waals surface area contributed by atoms with E-state index in [-0.39, 0.29) is 11.7 Å². The van der Waals surface area contributed by atoms with E-state index in [4.69, 9.17) is 4.98 Å². The molecule has 30 heavy (non-hydrogen) atoms. The molecule has 3 heterocycles. The summed E-state index contributed by atoms with van der Waals surface area (Å²) in [4.78, 5) is 13.1. The van der Waals surface area contributed by atoms with Crippen LogP contribution in [0.2, 0.25) is 0 Å².